The topological polar surface area (TPSA) is 89.3 Å². The van der Waals surface area contributed by atoms with Crippen molar-refractivity contribution < 1.29 is 18.3 Å². The van der Waals surface area contributed by atoms with Gasteiger partial charge in [-0.25, -0.2) is 17.9 Å². The number of halogens is 2. The Hall–Kier alpha value is -2.87. The van der Waals surface area contributed by atoms with Crippen LogP contribution in [0.4, 0.5) is 0 Å². The van der Waals surface area contributed by atoms with Gasteiger partial charge in [-0.3, -0.25) is 0 Å². The summed E-state index contributed by atoms with van der Waals surface area (Å²) in [5.74, 6) is -1.06. The normalized spacial score (nSPS) is 11.7. The van der Waals surface area contributed by atoms with E-state index in [1.54, 1.807) is 42.5 Å². The van der Waals surface area contributed by atoms with Crippen LogP contribution in [0.15, 0.2) is 76.7 Å². The van der Waals surface area contributed by atoms with Crippen LogP contribution in [0.25, 0.3) is 16.6 Å². The SMILES string of the molecule is O=C(O)c1ccc(-n2nc(S(=O)(=O)c3c(Cl)cccc3Cl)c3ccccc32)cc1. The molecule has 0 fully saturated rings. The smallest absolute Gasteiger partial charge is 0.335 e. The average Bonchev–Trinajstić information content (AvgIpc) is 3.08. The molecule has 29 heavy (non-hydrogen) atoms. The van der Waals surface area contributed by atoms with Crippen molar-refractivity contribution in [3.05, 3.63) is 82.3 Å². The van der Waals surface area contributed by atoms with Crippen molar-refractivity contribution >= 4 is 49.9 Å². The van der Waals surface area contributed by atoms with E-state index >= 15 is 0 Å². The number of carbonyl (C=O) groups is 1. The molecule has 4 rings (SSSR count). The van der Waals surface area contributed by atoms with Gasteiger partial charge in [-0.2, -0.15) is 5.10 Å². The molecule has 3 aromatic carbocycles. The summed E-state index contributed by atoms with van der Waals surface area (Å²) in [7, 11) is -4.13. The molecule has 1 aromatic heterocycles. The second-order valence-corrected chi connectivity index (χ2v) is 8.76. The summed E-state index contributed by atoms with van der Waals surface area (Å²) >= 11 is 12.3. The van der Waals surface area contributed by atoms with E-state index in [9.17, 15) is 13.2 Å². The van der Waals surface area contributed by atoms with Crippen molar-refractivity contribution in [2.75, 3.05) is 0 Å². The molecule has 146 valence electrons. The Kier molecular flexibility index (Phi) is 4.82. The van der Waals surface area contributed by atoms with Crippen molar-refractivity contribution in [2.45, 2.75) is 9.92 Å². The predicted octanol–water partition coefficient (Wildman–Crippen LogP) is 4.86. The Morgan fingerprint density at radius 3 is 2.14 bits per heavy atom. The number of sulfone groups is 1. The minimum Gasteiger partial charge on any atom is -0.478 e. The zero-order chi connectivity index (χ0) is 20.8. The fraction of sp³-hybridized carbons (Fsp3) is 0. The summed E-state index contributed by atoms with van der Waals surface area (Å²) < 4.78 is 28.2. The van der Waals surface area contributed by atoms with E-state index < -0.39 is 15.8 Å². The summed E-state index contributed by atoms with van der Waals surface area (Å²) in [4.78, 5) is 10.9. The summed E-state index contributed by atoms with van der Waals surface area (Å²) in [5, 5.41) is 13.6. The first-order valence-electron chi connectivity index (χ1n) is 8.31. The first-order chi connectivity index (χ1) is 13.8. The molecule has 0 unspecified atom stereocenters. The van der Waals surface area contributed by atoms with Crippen LogP contribution in [0, 0.1) is 0 Å². The van der Waals surface area contributed by atoms with Gasteiger partial charge in [0.25, 0.3) is 0 Å². The summed E-state index contributed by atoms with van der Waals surface area (Å²) in [6, 6.07) is 17.2. The zero-order valence-corrected chi connectivity index (χ0v) is 16.9. The molecule has 4 aromatic rings. The quantitative estimate of drug-likeness (QED) is 0.483. The summed E-state index contributed by atoms with van der Waals surface area (Å²) in [6.07, 6.45) is 0. The third-order valence-electron chi connectivity index (χ3n) is 4.35. The Morgan fingerprint density at radius 1 is 0.897 bits per heavy atom. The van der Waals surface area contributed by atoms with Crippen molar-refractivity contribution in [3.63, 3.8) is 0 Å². The van der Waals surface area contributed by atoms with Crippen molar-refractivity contribution in [1.29, 1.82) is 0 Å². The Morgan fingerprint density at radius 2 is 1.52 bits per heavy atom. The number of para-hydroxylation sites is 1. The highest BCUT2D eigenvalue weighted by Gasteiger charge is 2.29. The van der Waals surface area contributed by atoms with Gasteiger partial charge in [-0.05, 0) is 48.5 Å². The van der Waals surface area contributed by atoms with Gasteiger partial charge in [0.15, 0.2) is 5.03 Å². The van der Waals surface area contributed by atoms with Crippen LogP contribution in [0.1, 0.15) is 10.4 Å². The number of hydrogen-bond donors (Lipinski definition) is 1. The molecule has 0 spiro atoms. The van der Waals surface area contributed by atoms with Crippen molar-refractivity contribution in [1.82, 2.24) is 9.78 Å². The molecule has 0 saturated heterocycles. The highest BCUT2D eigenvalue weighted by Crippen LogP contribution is 2.36. The zero-order valence-electron chi connectivity index (χ0n) is 14.6. The van der Waals surface area contributed by atoms with Crippen LogP contribution >= 0.6 is 23.2 Å². The number of carboxylic acids is 1. The second kappa shape index (κ2) is 7.18. The molecule has 0 radical (unpaired) electrons. The van der Waals surface area contributed by atoms with Gasteiger partial charge in [0.1, 0.15) is 4.90 Å². The van der Waals surface area contributed by atoms with Gasteiger partial charge >= 0.3 is 5.97 Å². The number of aromatic carboxylic acids is 1. The molecule has 6 nitrogen and oxygen atoms in total. The van der Waals surface area contributed by atoms with E-state index in [1.807, 2.05) is 0 Å². The standard InChI is InChI=1S/C20H12Cl2N2O4S/c21-15-5-3-6-16(22)18(15)29(27,28)19-14-4-1-2-7-17(14)24(23-19)13-10-8-12(9-11-13)20(25)26/h1-11H,(H,25,26). The third-order valence-corrected chi connectivity index (χ3v) is 7.00. The van der Waals surface area contributed by atoms with Gasteiger partial charge in [0.2, 0.25) is 9.84 Å². The molecule has 0 aliphatic rings. The van der Waals surface area contributed by atoms with E-state index in [-0.39, 0.29) is 25.5 Å². The number of nitrogens with zero attached hydrogens (tertiary/aromatic N) is 2. The van der Waals surface area contributed by atoms with Crippen molar-refractivity contribution in [3.8, 4) is 5.69 Å². The molecule has 0 amide bonds. The lowest BCUT2D eigenvalue weighted by atomic mass is 10.2. The van der Waals surface area contributed by atoms with Crippen LogP contribution in [0.3, 0.4) is 0 Å². The molecular weight excluding hydrogens is 435 g/mol. The highest BCUT2D eigenvalue weighted by atomic mass is 35.5. The maximum atomic E-state index is 13.4. The molecule has 0 aliphatic heterocycles. The molecule has 0 aliphatic carbocycles. The fourth-order valence-electron chi connectivity index (χ4n) is 3.01. The number of benzene rings is 3. The Labute approximate surface area is 175 Å². The number of carboxylic acid groups (broad SMARTS) is 1. The minimum absolute atomic E-state index is 0.00180. The van der Waals surface area contributed by atoms with Crippen LogP contribution in [0.5, 0.6) is 0 Å². The van der Waals surface area contributed by atoms with Crippen LogP contribution in [-0.4, -0.2) is 29.3 Å². The Bertz CT molecular complexity index is 1340. The van der Waals surface area contributed by atoms with E-state index in [1.165, 1.54) is 28.9 Å². The average molecular weight is 447 g/mol. The van der Waals surface area contributed by atoms with Crippen molar-refractivity contribution in [2.24, 2.45) is 0 Å². The maximum absolute atomic E-state index is 13.4. The van der Waals surface area contributed by atoms with Gasteiger partial charge in [0, 0.05) is 5.39 Å². The molecule has 1 heterocycles. The predicted molar refractivity (Wildman–Crippen MR) is 110 cm³/mol. The van der Waals surface area contributed by atoms with Gasteiger partial charge in [-0.1, -0.05) is 41.4 Å². The second-order valence-electron chi connectivity index (χ2n) is 6.14. The monoisotopic (exact) mass is 446 g/mol. The van der Waals surface area contributed by atoms with Gasteiger partial charge in [-0.15, -0.1) is 0 Å². The molecule has 0 saturated carbocycles. The maximum Gasteiger partial charge on any atom is 0.335 e. The summed E-state index contributed by atoms with van der Waals surface area (Å²) in [5.41, 5.74) is 1.16. The van der Waals surface area contributed by atoms with Gasteiger partial charge < -0.3 is 5.11 Å². The fourth-order valence-corrected chi connectivity index (χ4v) is 5.52. The lowest BCUT2D eigenvalue weighted by molar-refractivity contribution is 0.0697. The van der Waals surface area contributed by atoms with Crippen LogP contribution in [-0.2, 0) is 9.84 Å². The van der Waals surface area contributed by atoms with E-state index in [0.29, 0.717) is 16.6 Å². The number of fused-ring (bicyclic) bond motifs is 1. The Balaban J connectivity index is 1.97. The van der Waals surface area contributed by atoms with Crippen LogP contribution < -0.4 is 0 Å². The summed E-state index contributed by atoms with van der Waals surface area (Å²) in [6.45, 7) is 0. The molecular formula is C20H12Cl2N2O4S. The lowest BCUT2D eigenvalue weighted by Crippen LogP contribution is -2.06. The minimum atomic E-state index is -4.13. The van der Waals surface area contributed by atoms with E-state index in [2.05, 4.69) is 5.10 Å². The highest BCUT2D eigenvalue weighted by molar-refractivity contribution is 7.91. The third kappa shape index (κ3) is 3.27. The van der Waals surface area contributed by atoms with E-state index in [0.717, 1.165) is 0 Å². The molecule has 9 heteroatoms. The number of aromatic nitrogens is 2. The molecule has 0 bridgehead atoms. The lowest BCUT2D eigenvalue weighted by Gasteiger charge is -2.06. The van der Waals surface area contributed by atoms with Gasteiger partial charge in [0.05, 0.1) is 26.8 Å². The number of hydrogen-bond acceptors (Lipinski definition) is 4. The molecule has 0 atom stereocenters. The number of rotatable bonds is 4. The largest absolute Gasteiger partial charge is 0.478 e. The first-order valence-corrected chi connectivity index (χ1v) is 10.5. The molecule has 1 N–H and O–H groups in total. The first kappa shape index (κ1) is 19.4. The van der Waals surface area contributed by atoms with E-state index in [4.69, 9.17) is 28.3 Å². The van der Waals surface area contributed by atoms with Crippen LogP contribution in [0.2, 0.25) is 10.0 Å².